The van der Waals surface area contributed by atoms with E-state index in [1.165, 1.54) is 29.2 Å². The number of carbonyl (C=O) groups excluding carboxylic acids is 1. The summed E-state index contributed by atoms with van der Waals surface area (Å²) in [4.78, 5) is 16.2. The van der Waals surface area contributed by atoms with E-state index >= 15 is 0 Å². The summed E-state index contributed by atoms with van der Waals surface area (Å²) in [6.45, 7) is 3.44. The topological polar surface area (TPSA) is 87.1 Å². The summed E-state index contributed by atoms with van der Waals surface area (Å²) >= 11 is 11.9. The molecule has 1 saturated heterocycles. The maximum atomic E-state index is 13.5. The van der Waals surface area contributed by atoms with Crippen LogP contribution in [0, 0.1) is 0 Å². The fraction of sp³-hybridized carbons (Fsp3) is 0.318. The van der Waals surface area contributed by atoms with Crippen LogP contribution < -0.4 is 0 Å². The predicted molar refractivity (Wildman–Crippen MR) is 129 cm³/mol. The van der Waals surface area contributed by atoms with Crippen molar-refractivity contribution >= 4 is 51.4 Å². The van der Waals surface area contributed by atoms with Crippen LogP contribution in [0.5, 0.6) is 0 Å². The van der Waals surface area contributed by atoms with Gasteiger partial charge in [-0.15, -0.1) is 12.4 Å². The highest BCUT2D eigenvalue weighted by Crippen LogP contribution is 2.42. The number of sulfone groups is 1. The Bertz CT molecular complexity index is 1130. The molecule has 2 aromatic rings. The molecule has 1 atom stereocenters. The highest BCUT2D eigenvalue weighted by atomic mass is 35.5. The molecule has 2 aromatic carbocycles. The lowest BCUT2D eigenvalue weighted by molar-refractivity contribution is -0.129. The lowest BCUT2D eigenvalue weighted by Gasteiger charge is -2.31. The Labute approximate surface area is 208 Å². The number of morpholine rings is 1. The maximum Gasteiger partial charge on any atom is 0.290 e. The number of hydrogen-bond acceptors (Lipinski definition) is 6. The zero-order valence-electron chi connectivity index (χ0n) is 17.5. The van der Waals surface area contributed by atoms with E-state index in [0.29, 0.717) is 35.4 Å². The van der Waals surface area contributed by atoms with Gasteiger partial charge in [-0.25, -0.2) is 8.42 Å². The minimum Gasteiger partial charge on any atom is -0.502 e. The average Bonchev–Trinajstić information content (AvgIpc) is 3.04. The largest absolute Gasteiger partial charge is 0.502 e. The number of halogens is 3. The van der Waals surface area contributed by atoms with Crippen LogP contribution in [-0.4, -0.2) is 68.6 Å². The van der Waals surface area contributed by atoms with Crippen molar-refractivity contribution in [3.05, 3.63) is 74.8 Å². The fourth-order valence-electron chi connectivity index (χ4n) is 3.93. The van der Waals surface area contributed by atoms with Crippen LogP contribution in [0.3, 0.4) is 0 Å². The number of rotatable bonds is 6. The van der Waals surface area contributed by atoms with E-state index in [0.717, 1.165) is 13.1 Å². The van der Waals surface area contributed by atoms with Gasteiger partial charge in [0.15, 0.2) is 5.76 Å². The summed E-state index contributed by atoms with van der Waals surface area (Å²) in [5, 5.41) is 11.6. The zero-order chi connectivity index (χ0) is 22.9. The molecule has 33 heavy (non-hydrogen) atoms. The van der Waals surface area contributed by atoms with E-state index in [1.54, 1.807) is 24.3 Å². The first kappa shape index (κ1) is 25.8. The van der Waals surface area contributed by atoms with E-state index in [2.05, 4.69) is 4.90 Å². The van der Waals surface area contributed by atoms with Gasteiger partial charge in [-0.3, -0.25) is 9.69 Å². The van der Waals surface area contributed by atoms with Crippen LogP contribution in [0.4, 0.5) is 0 Å². The third-order valence-electron chi connectivity index (χ3n) is 5.62. The predicted octanol–water partition coefficient (Wildman–Crippen LogP) is 3.87. The Morgan fingerprint density at radius 2 is 1.48 bits per heavy atom. The molecule has 178 valence electrons. The van der Waals surface area contributed by atoms with Crippen LogP contribution in [0.25, 0.3) is 0 Å². The van der Waals surface area contributed by atoms with E-state index in [4.69, 9.17) is 27.9 Å². The Kier molecular flexibility index (Phi) is 8.31. The second-order valence-corrected chi connectivity index (χ2v) is 10.4. The number of aliphatic hydroxyl groups is 1. The summed E-state index contributed by atoms with van der Waals surface area (Å²) < 4.78 is 32.4. The van der Waals surface area contributed by atoms with Gasteiger partial charge in [0.2, 0.25) is 9.84 Å². The quantitative estimate of drug-likeness (QED) is 0.607. The van der Waals surface area contributed by atoms with E-state index in [-0.39, 0.29) is 28.8 Å². The zero-order valence-corrected chi connectivity index (χ0v) is 20.6. The molecule has 1 N–H and O–H groups in total. The van der Waals surface area contributed by atoms with Crippen molar-refractivity contribution in [2.45, 2.75) is 10.9 Å². The Morgan fingerprint density at radius 3 is 2.06 bits per heavy atom. The van der Waals surface area contributed by atoms with E-state index < -0.39 is 27.5 Å². The minimum absolute atomic E-state index is 0. The molecular formula is C22H23Cl3N2O5S. The van der Waals surface area contributed by atoms with Gasteiger partial charge in [-0.2, -0.15) is 0 Å². The number of benzene rings is 2. The number of amides is 1. The smallest absolute Gasteiger partial charge is 0.290 e. The van der Waals surface area contributed by atoms with Gasteiger partial charge in [0.1, 0.15) is 4.91 Å². The van der Waals surface area contributed by atoms with Crippen LogP contribution in [0.2, 0.25) is 10.0 Å². The normalized spacial score (nSPS) is 19.6. The molecule has 0 aromatic heterocycles. The van der Waals surface area contributed by atoms with Crippen molar-refractivity contribution < 1.29 is 23.1 Å². The first-order valence-electron chi connectivity index (χ1n) is 10.1. The average molecular weight is 534 g/mol. The van der Waals surface area contributed by atoms with Gasteiger partial charge in [0, 0.05) is 36.2 Å². The van der Waals surface area contributed by atoms with Crippen LogP contribution >= 0.6 is 35.6 Å². The molecule has 11 heteroatoms. The lowest BCUT2D eigenvalue weighted by Crippen LogP contribution is -2.43. The van der Waals surface area contributed by atoms with Gasteiger partial charge < -0.3 is 14.7 Å². The van der Waals surface area contributed by atoms with Gasteiger partial charge in [0.25, 0.3) is 5.91 Å². The van der Waals surface area contributed by atoms with E-state index in [9.17, 15) is 18.3 Å². The molecule has 7 nitrogen and oxygen atoms in total. The minimum atomic E-state index is -4.18. The molecule has 0 aliphatic carbocycles. The molecule has 1 fully saturated rings. The molecule has 2 heterocycles. The Hall–Kier alpha value is -1.81. The number of ether oxygens (including phenoxy) is 1. The standard InChI is InChI=1S/C22H22Cl2N2O5S.ClH/c23-16-3-1-15(2-4-16)19-21(32(29,30)18-7-5-17(24)6-8-18)20(27)22(28)26(19)10-9-25-11-13-31-14-12-25;/h1-8,19,27H,9-14H2;1H. The first-order chi connectivity index (χ1) is 15.3. The molecule has 2 aliphatic rings. The highest BCUT2D eigenvalue weighted by molar-refractivity contribution is 7.95. The molecule has 0 spiro atoms. The van der Waals surface area contributed by atoms with Crippen molar-refractivity contribution in [1.29, 1.82) is 0 Å². The molecule has 1 amide bonds. The molecule has 0 radical (unpaired) electrons. The van der Waals surface area contributed by atoms with Crippen LogP contribution in [0.15, 0.2) is 64.1 Å². The van der Waals surface area contributed by atoms with Crippen LogP contribution in [0.1, 0.15) is 11.6 Å². The van der Waals surface area contributed by atoms with Crippen molar-refractivity contribution in [2.24, 2.45) is 0 Å². The molecule has 2 aliphatic heterocycles. The third-order valence-corrected chi connectivity index (χ3v) is 8.01. The van der Waals surface area contributed by atoms with Gasteiger partial charge >= 0.3 is 0 Å². The molecule has 0 bridgehead atoms. The summed E-state index contributed by atoms with van der Waals surface area (Å²) in [7, 11) is -4.18. The number of hydrogen-bond donors (Lipinski definition) is 1. The van der Waals surface area contributed by atoms with Gasteiger partial charge in [-0.1, -0.05) is 35.3 Å². The van der Waals surface area contributed by atoms with Crippen molar-refractivity contribution in [1.82, 2.24) is 9.80 Å². The molecular weight excluding hydrogens is 511 g/mol. The molecule has 1 unspecified atom stereocenters. The Balaban J connectivity index is 0.00000306. The summed E-state index contributed by atoms with van der Waals surface area (Å²) in [5.41, 5.74) is 0.543. The van der Waals surface area contributed by atoms with Crippen molar-refractivity contribution in [2.75, 3.05) is 39.4 Å². The van der Waals surface area contributed by atoms with Gasteiger partial charge in [-0.05, 0) is 42.0 Å². The summed E-state index contributed by atoms with van der Waals surface area (Å²) in [6, 6.07) is 11.2. The van der Waals surface area contributed by atoms with E-state index in [1.807, 2.05) is 0 Å². The van der Waals surface area contributed by atoms with Gasteiger partial charge in [0.05, 0.1) is 24.2 Å². The fourth-order valence-corrected chi connectivity index (χ4v) is 5.83. The first-order valence-corrected chi connectivity index (χ1v) is 12.3. The van der Waals surface area contributed by atoms with Crippen LogP contribution in [-0.2, 0) is 19.4 Å². The number of nitrogens with zero attached hydrogens (tertiary/aromatic N) is 2. The van der Waals surface area contributed by atoms with Crippen molar-refractivity contribution in [3.63, 3.8) is 0 Å². The Morgan fingerprint density at radius 1 is 0.939 bits per heavy atom. The summed E-state index contributed by atoms with van der Waals surface area (Å²) in [6.07, 6.45) is 0. The maximum absolute atomic E-state index is 13.5. The molecule has 4 rings (SSSR count). The molecule has 0 saturated carbocycles. The second-order valence-electron chi connectivity index (χ2n) is 7.58. The lowest BCUT2D eigenvalue weighted by atomic mass is 10.1. The third kappa shape index (κ3) is 5.31. The summed E-state index contributed by atoms with van der Waals surface area (Å²) in [5.74, 6) is -1.48. The van der Waals surface area contributed by atoms with Crippen molar-refractivity contribution in [3.8, 4) is 0 Å². The SMILES string of the molecule is Cl.O=C1C(O)=C(S(=O)(=O)c2ccc(Cl)cc2)C(c2ccc(Cl)cc2)N1CCN1CCOCC1. The number of carbonyl (C=O) groups is 1. The second kappa shape index (κ2) is 10.6. The highest BCUT2D eigenvalue weighted by Gasteiger charge is 2.46. The number of aliphatic hydroxyl groups excluding tert-OH is 1. The monoisotopic (exact) mass is 532 g/mol.